The molecule has 2 rings (SSSR count). The first-order valence-corrected chi connectivity index (χ1v) is 4.80. The van der Waals surface area contributed by atoms with Gasteiger partial charge in [0.15, 0.2) is 0 Å². The van der Waals surface area contributed by atoms with Gasteiger partial charge in [-0.1, -0.05) is 0 Å². The molecule has 0 atom stereocenters. The van der Waals surface area contributed by atoms with E-state index in [0.29, 0.717) is 6.04 Å². The van der Waals surface area contributed by atoms with Crippen LogP contribution < -0.4 is 5.32 Å². The summed E-state index contributed by atoms with van der Waals surface area (Å²) in [6.07, 6.45) is 4.48. The minimum Gasteiger partial charge on any atom is -0.367 e. The van der Waals surface area contributed by atoms with Crippen LogP contribution in [0.3, 0.4) is 0 Å². The van der Waals surface area contributed by atoms with Gasteiger partial charge in [-0.05, 0) is 47.6 Å². The number of rotatable bonds is 2. The van der Waals surface area contributed by atoms with Crippen LogP contribution in [0.25, 0.3) is 0 Å². The zero-order valence-electron chi connectivity index (χ0n) is 6.05. The third-order valence-corrected chi connectivity index (χ3v) is 2.29. The topological polar surface area (TPSA) is 24.9 Å². The zero-order chi connectivity index (χ0) is 7.68. The van der Waals surface area contributed by atoms with Gasteiger partial charge < -0.3 is 5.32 Å². The molecule has 0 aliphatic heterocycles. The molecular weight excluding hydrogens is 251 g/mol. The first-order valence-electron chi connectivity index (χ1n) is 3.73. The Bertz CT molecular complexity index is 241. The highest BCUT2D eigenvalue weighted by molar-refractivity contribution is 14.1. The summed E-state index contributed by atoms with van der Waals surface area (Å²) < 4.78 is 1.18. The van der Waals surface area contributed by atoms with Crippen LogP contribution >= 0.6 is 22.6 Å². The highest BCUT2D eigenvalue weighted by Gasteiger charge is 2.20. The molecule has 2 nitrogen and oxygen atoms in total. The Morgan fingerprint density at radius 1 is 1.45 bits per heavy atom. The van der Waals surface area contributed by atoms with Crippen LogP contribution in [-0.2, 0) is 0 Å². The summed E-state index contributed by atoms with van der Waals surface area (Å²) in [5.41, 5.74) is 0. The first kappa shape index (κ1) is 7.34. The van der Waals surface area contributed by atoms with Crippen molar-refractivity contribution >= 4 is 28.4 Å². The predicted octanol–water partition coefficient (Wildman–Crippen LogP) is 2.26. The van der Waals surface area contributed by atoms with Crippen LogP contribution in [0.5, 0.6) is 0 Å². The molecule has 0 saturated heterocycles. The van der Waals surface area contributed by atoms with E-state index in [1.165, 1.54) is 16.4 Å². The zero-order valence-corrected chi connectivity index (χ0v) is 8.21. The number of nitrogens with one attached hydrogen (secondary N) is 1. The Hall–Kier alpha value is -0.320. The molecule has 1 N–H and O–H groups in total. The highest BCUT2D eigenvalue weighted by atomic mass is 127. The summed E-state index contributed by atoms with van der Waals surface area (Å²) in [5.74, 6) is 1.01. The van der Waals surface area contributed by atoms with Crippen molar-refractivity contribution in [3.63, 3.8) is 0 Å². The molecule has 1 saturated carbocycles. The molecular formula is C8H9IN2. The van der Waals surface area contributed by atoms with Gasteiger partial charge in [-0.25, -0.2) is 4.98 Å². The van der Waals surface area contributed by atoms with E-state index < -0.39 is 0 Å². The van der Waals surface area contributed by atoms with Gasteiger partial charge in [-0.2, -0.15) is 0 Å². The summed E-state index contributed by atoms with van der Waals surface area (Å²) in [7, 11) is 0. The van der Waals surface area contributed by atoms with Crippen LogP contribution in [0.15, 0.2) is 18.3 Å². The molecule has 0 radical (unpaired) electrons. The fourth-order valence-corrected chi connectivity index (χ4v) is 1.22. The van der Waals surface area contributed by atoms with Crippen molar-refractivity contribution in [1.82, 2.24) is 4.98 Å². The van der Waals surface area contributed by atoms with Gasteiger partial charge in [0.1, 0.15) is 5.82 Å². The van der Waals surface area contributed by atoms with Crippen LogP contribution in [0.2, 0.25) is 0 Å². The molecule has 1 aliphatic carbocycles. The third kappa shape index (κ3) is 2.05. The predicted molar refractivity (Wildman–Crippen MR) is 53.6 cm³/mol. The number of hydrogen-bond donors (Lipinski definition) is 1. The normalized spacial score (nSPS) is 16.5. The number of halogens is 1. The van der Waals surface area contributed by atoms with Crippen molar-refractivity contribution in [2.75, 3.05) is 5.32 Å². The van der Waals surface area contributed by atoms with E-state index in [4.69, 9.17) is 0 Å². The van der Waals surface area contributed by atoms with E-state index >= 15 is 0 Å². The van der Waals surface area contributed by atoms with E-state index in [2.05, 4.69) is 39.0 Å². The van der Waals surface area contributed by atoms with Crippen LogP contribution in [0.1, 0.15) is 12.8 Å². The lowest BCUT2D eigenvalue weighted by Crippen LogP contribution is -2.02. The van der Waals surface area contributed by atoms with Gasteiger partial charge in [0.25, 0.3) is 0 Å². The fraction of sp³-hybridized carbons (Fsp3) is 0.375. The van der Waals surface area contributed by atoms with E-state index in [0.717, 1.165) is 5.82 Å². The minimum atomic E-state index is 0.697. The molecule has 58 valence electrons. The largest absolute Gasteiger partial charge is 0.367 e. The van der Waals surface area contributed by atoms with Crippen LogP contribution in [0, 0.1) is 3.57 Å². The van der Waals surface area contributed by atoms with Gasteiger partial charge in [0, 0.05) is 15.8 Å². The number of hydrogen-bond acceptors (Lipinski definition) is 2. The Kier molecular flexibility index (Phi) is 1.98. The molecule has 11 heavy (non-hydrogen) atoms. The molecule has 1 heterocycles. The maximum absolute atomic E-state index is 4.24. The number of anilines is 1. The molecule has 1 aromatic rings. The molecule has 0 aromatic carbocycles. The van der Waals surface area contributed by atoms with Crippen molar-refractivity contribution in [2.24, 2.45) is 0 Å². The molecule has 1 fully saturated rings. The van der Waals surface area contributed by atoms with Gasteiger partial charge in [-0.3, -0.25) is 0 Å². The first-order chi connectivity index (χ1) is 5.34. The van der Waals surface area contributed by atoms with Gasteiger partial charge >= 0.3 is 0 Å². The monoisotopic (exact) mass is 260 g/mol. The van der Waals surface area contributed by atoms with Crippen LogP contribution in [-0.4, -0.2) is 11.0 Å². The molecule has 1 aliphatic rings. The Morgan fingerprint density at radius 3 is 2.82 bits per heavy atom. The summed E-state index contributed by atoms with van der Waals surface area (Å²) in [5, 5.41) is 3.33. The highest BCUT2D eigenvalue weighted by Crippen LogP contribution is 2.23. The van der Waals surface area contributed by atoms with Crippen molar-refractivity contribution < 1.29 is 0 Å². The van der Waals surface area contributed by atoms with Crippen molar-refractivity contribution in [1.29, 1.82) is 0 Å². The Morgan fingerprint density at radius 2 is 2.27 bits per heavy atom. The van der Waals surface area contributed by atoms with Crippen molar-refractivity contribution in [3.05, 3.63) is 21.9 Å². The maximum Gasteiger partial charge on any atom is 0.126 e. The third-order valence-electron chi connectivity index (χ3n) is 1.66. The van der Waals surface area contributed by atoms with Gasteiger partial charge in [0.05, 0.1) is 0 Å². The van der Waals surface area contributed by atoms with E-state index in [1.807, 2.05) is 12.3 Å². The SMILES string of the molecule is Ic1ccc(NC2CC2)nc1. The maximum atomic E-state index is 4.24. The Balaban J connectivity index is 2.06. The average Bonchev–Trinajstić information content (AvgIpc) is 2.78. The van der Waals surface area contributed by atoms with Crippen molar-refractivity contribution in [3.8, 4) is 0 Å². The van der Waals surface area contributed by atoms with Gasteiger partial charge in [-0.15, -0.1) is 0 Å². The minimum absolute atomic E-state index is 0.697. The lowest BCUT2D eigenvalue weighted by Gasteiger charge is -2.01. The van der Waals surface area contributed by atoms with E-state index in [9.17, 15) is 0 Å². The van der Waals surface area contributed by atoms with E-state index in [-0.39, 0.29) is 0 Å². The quantitative estimate of drug-likeness (QED) is 0.825. The molecule has 0 unspecified atom stereocenters. The lowest BCUT2D eigenvalue weighted by molar-refractivity contribution is 1.11. The molecule has 0 bridgehead atoms. The fourth-order valence-electron chi connectivity index (χ4n) is 0.898. The second-order valence-electron chi connectivity index (χ2n) is 2.78. The smallest absolute Gasteiger partial charge is 0.126 e. The Labute approximate surface area is 79.6 Å². The van der Waals surface area contributed by atoms with Crippen LogP contribution in [0.4, 0.5) is 5.82 Å². The standard InChI is InChI=1S/C8H9IN2/c9-6-1-4-8(10-5-6)11-7-2-3-7/h1,4-5,7H,2-3H2,(H,10,11). The second-order valence-corrected chi connectivity index (χ2v) is 4.03. The molecule has 0 amide bonds. The number of pyridine rings is 1. The number of nitrogens with zero attached hydrogens (tertiary/aromatic N) is 1. The molecule has 1 aromatic heterocycles. The summed E-state index contributed by atoms with van der Waals surface area (Å²) in [6, 6.07) is 4.79. The summed E-state index contributed by atoms with van der Waals surface area (Å²) in [6.45, 7) is 0. The summed E-state index contributed by atoms with van der Waals surface area (Å²) in [4.78, 5) is 4.24. The average molecular weight is 260 g/mol. The molecule has 0 spiro atoms. The van der Waals surface area contributed by atoms with E-state index in [1.54, 1.807) is 0 Å². The number of aromatic nitrogens is 1. The molecule has 3 heteroatoms. The van der Waals surface area contributed by atoms with Gasteiger partial charge in [0.2, 0.25) is 0 Å². The lowest BCUT2D eigenvalue weighted by atomic mass is 10.4. The second kappa shape index (κ2) is 2.97. The van der Waals surface area contributed by atoms with Crippen molar-refractivity contribution in [2.45, 2.75) is 18.9 Å². The summed E-state index contributed by atoms with van der Waals surface area (Å²) >= 11 is 2.26.